The van der Waals surface area contributed by atoms with E-state index in [9.17, 15) is 9.59 Å². The Bertz CT molecular complexity index is 1270. The third-order valence-electron chi connectivity index (χ3n) is 5.19. The summed E-state index contributed by atoms with van der Waals surface area (Å²) < 4.78 is 5.44. The van der Waals surface area contributed by atoms with Gasteiger partial charge in [-0.05, 0) is 48.9 Å². The summed E-state index contributed by atoms with van der Waals surface area (Å²) in [6, 6.07) is 18.7. The van der Waals surface area contributed by atoms with E-state index in [0.717, 1.165) is 34.6 Å². The Morgan fingerprint density at radius 3 is 2.66 bits per heavy atom. The van der Waals surface area contributed by atoms with Gasteiger partial charge in [0.05, 0.1) is 17.5 Å². The molecule has 0 bridgehead atoms. The molecule has 0 unspecified atom stereocenters. The molecule has 0 saturated carbocycles. The summed E-state index contributed by atoms with van der Waals surface area (Å²) >= 11 is 1.35. The molecule has 2 aromatic carbocycles. The van der Waals surface area contributed by atoms with Crippen molar-refractivity contribution in [3.63, 3.8) is 0 Å². The maximum atomic E-state index is 12.6. The summed E-state index contributed by atoms with van der Waals surface area (Å²) in [5, 5.41) is 4.52. The molecular formula is C24H20N4O3S. The zero-order valence-corrected chi connectivity index (χ0v) is 18.0. The second-order valence-electron chi connectivity index (χ2n) is 7.38. The van der Waals surface area contributed by atoms with Crippen molar-refractivity contribution >= 4 is 45.9 Å². The fraction of sp³-hybridized carbons (Fsp3) is 0.167. The van der Waals surface area contributed by atoms with E-state index >= 15 is 0 Å². The number of rotatable bonds is 6. The molecular weight excluding hydrogens is 424 g/mol. The SMILES string of the molecule is O=C(CSc1nc(-c2ccco2)nc2ccccc12)Nc1ccc(N2CCCC2=O)cc1. The van der Waals surface area contributed by atoms with Gasteiger partial charge < -0.3 is 14.6 Å². The van der Waals surface area contributed by atoms with Crippen LogP contribution >= 0.6 is 11.8 Å². The third-order valence-corrected chi connectivity index (χ3v) is 6.18. The van der Waals surface area contributed by atoms with Crippen LogP contribution in [0.1, 0.15) is 12.8 Å². The number of anilines is 2. The van der Waals surface area contributed by atoms with Crippen LogP contribution in [0.2, 0.25) is 0 Å². The number of furan rings is 1. The zero-order valence-electron chi connectivity index (χ0n) is 17.2. The highest BCUT2D eigenvalue weighted by atomic mass is 32.2. The van der Waals surface area contributed by atoms with E-state index in [1.807, 2.05) is 54.6 Å². The summed E-state index contributed by atoms with van der Waals surface area (Å²) in [4.78, 5) is 35.4. The van der Waals surface area contributed by atoms with Crippen LogP contribution in [0, 0.1) is 0 Å². The predicted molar refractivity (Wildman–Crippen MR) is 125 cm³/mol. The Morgan fingerprint density at radius 2 is 1.91 bits per heavy atom. The standard InChI is InChI=1S/C24H20N4O3S/c29-21(25-16-9-11-17(12-10-16)28-13-3-8-22(28)30)15-32-24-18-5-1-2-6-19(18)26-23(27-24)20-7-4-14-31-20/h1-2,4-7,9-12,14H,3,8,13,15H2,(H,25,29). The van der Waals surface area contributed by atoms with Gasteiger partial charge in [0.15, 0.2) is 11.6 Å². The van der Waals surface area contributed by atoms with Crippen molar-refractivity contribution < 1.29 is 14.0 Å². The van der Waals surface area contributed by atoms with Crippen LogP contribution < -0.4 is 10.2 Å². The van der Waals surface area contributed by atoms with Gasteiger partial charge in [0.25, 0.3) is 0 Å². The molecule has 32 heavy (non-hydrogen) atoms. The van der Waals surface area contributed by atoms with Gasteiger partial charge >= 0.3 is 0 Å². The fourth-order valence-electron chi connectivity index (χ4n) is 3.65. The molecule has 1 aliphatic heterocycles. The second kappa shape index (κ2) is 8.84. The Balaban J connectivity index is 1.28. The van der Waals surface area contributed by atoms with Gasteiger partial charge in [0.1, 0.15) is 5.03 Å². The molecule has 1 saturated heterocycles. The first-order valence-electron chi connectivity index (χ1n) is 10.3. The Morgan fingerprint density at radius 1 is 1.06 bits per heavy atom. The summed E-state index contributed by atoms with van der Waals surface area (Å²) in [7, 11) is 0. The summed E-state index contributed by atoms with van der Waals surface area (Å²) in [5.74, 6) is 1.28. The van der Waals surface area contributed by atoms with E-state index < -0.39 is 0 Å². The van der Waals surface area contributed by atoms with Crippen LogP contribution in [-0.2, 0) is 9.59 Å². The maximum Gasteiger partial charge on any atom is 0.234 e. The minimum Gasteiger partial charge on any atom is -0.461 e. The summed E-state index contributed by atoms with van der Waals surface area (Å²) in [6.07, 6.45) is 3.06. The van der Waals surface area contributed by atoms with Gasteiger partial charge in [-0.3, -0.25) is 9.59 Å². The van der Waals surface area contributed by atoms with Crippen LogP contribution in [0.4, 0.5) is 11.4 Å². The monoisotopic (exact) mass is 444 g/mol. The van der Waals surface area contributed by atoms with Crippen LogP contribution in [0.15, 0.2) is 76.4 Å². The van der Waals surface area contributed by atoms with Crippen LogP contribution in [0.5, 0.6) is 0 Å². The molecule has 0 spiro atoms. The van der Waals surface area contributed by atoms with E-state index in [2.05, 4.69) is 15.3 Å². The van der Waals surface area contributed by atoms with Crippen molar-refractivity contribution in [1.82, 2.24) is 9.97 Å². The largest absolute Gasteiger partial charge is 0.461 e. The normalized spacial score (nSPS) is 13.6. The van der Waals surface area contributed by atoms with Crippen LogP contribution in [0.3, 0.4) is 0 Å². The highest BCUT2D eigenvalue weighted by Gasteiger charge is 2.21. The summed E-state index contributed by atoms with van der Waals surface area (Å²) in [5.41, 5.74) is 2.34. The van der Waals surface area contributed by atoms with Gasteiger partial charge in [0, 0.05) is 29.7 Å². The molecule has 3 heterocycles. The molecule has 8 heteroatoms. The number of benzene rings is 2. The number of amides is 2. The van der Waals surface area contributed by atoms with Gasteiger partial charge in [-0.1, -0.05) is 30.0 Å². The molecule has 5 rings (SSSR count). The van der Waals surface area contributed by atoms with E-state index in [4.69, 9.17) is 4.42 Å². The maximum absolute atomic E-state index is 12.6. The zero-order chi connectivity index (χ0) is 21.9. The van der Waals surface area contributed by atoms with E-state index in [1.54, 1.807) is 17.2 Å². The number of nitrogens with one attached hydrogen (secondary N) is 1. The van der Waals surface area contributed by atoms with Gasteiger partial charge in [-0.2, -0.15) is 0 Å². The first kappa shape index (κ1) is 20.3. The molecule has 160 valence electrons. The van der Waals surface area contributed by atoms with Gasteiger partial charge in [0.2, 0.25) is 11.8 Å². The first-order chi connectivity index (χ1) is 15.7. The quantitative estimate of drug-likeness (QED) is 0.341. The minimum absolute atomic E-state index is 0.137. The lowest BCUT2D eigenvalue weighted by Gasteiger charge is -2.16. The molecule has 2 amide bonds. The molecule has 1 aliphatic rings. The Hall–Kier alpha value is -3.65. The Labute approximate surface area is 188 Å². The molecule has 4 aromatic rings. The van der Waals surface area contributed by atoms with E-state index in [1.165, 1.54) is 11.8 Å². The lowest BCUT2D eigenvalue weighted by Crippen LogP contribution is -2.23. The predicted octanol–water partition coefficient (Wildman–Crippen LogP) is 4.75. The number of fused-ring (bicyclic) bond motifs is 1. The van der Waals surface area contributed by atoms with Crippen molar-refractivity contribution in [1.29, 1.82) is 0 Å². The topological polar surface area (TPSA) is 88.3 Å². The van der Waals surface area contributed by atoms with Crippen LogP contribution in [0.25, 0.3) is 22.5 Å². The number of hydrogen-bond acceptors (Lipinski definition) is 6. The number of aromatic nitrogens is 2. The minimum atomic E-state index is -0.137. The summed E-state index contributed by atoms with van der Waals surface area (Å²) in [6.45, 7) is 0.744. The number of nitrogens with zero attached hydrogens (tertiary/aromatic N) is 3. The first-order valence-corrected chi connectivity index (χ1v) is 11.3. The highest BCUT2D eigenvalue weighted by Crippen LogP contribution is 2.29. The van der Waals surface area contributed by atoms with Gasteiger partial charge in [-0.15, -0.1) is 0 Å². The third kappa shape index (κ3) is 4.22. The molecule has 1 N–H and O–H groups in total. The van der Waals surface area contributed by atoms with Crippen molar-refractivity contribution in [2.75, 3.05) is 22.5 Å². The fourth-order valence-corrected chi connectivity index (χ4v) is 4.47. The van der Waals surface area contributed by atoms with Crippen molar-refractivity contribution in [2.24, 2.45) is 0 Å². The number of carbonyl (C=O) groups excluding carboxylic acids is 2. The lowest BCUT2D eigenvalue weighted by atomic mass is 10.2. The van der Waals surface area contributed by atoms with Gasteiger partial charge in [-0.25, -0.2) is 9.97 Å². The van der Waals surface area contributed by atoms with Crippen molar-refractivity contribution in [3.05, 3.63) is 66.9 Å². The highest BCUT2D eigenvalue weighted by molar-refractivity contribution is 8.00. The van der Waals surface area contributed by atoms with Crippen LogP contribution in [-0.4, -0.2) is 34.1 Å². The van der Waals surface area contributed by atoms with Crippen molar-refractivity contribution in [3.8, 4) is 11.6 Å². The molecule has 1 fully saturated rings. The Kier molecular flexibility index (Phi) is 5.60. The average Bonchev–Trinajstić information content (AvgIpc) is 3.50. The molecule has 0 radical (unpaired) electrons. The molecule has 0 atom stereocenters. The molecule has 2 aromatic heterocycles. The van der Waals surface area contributed by atoms with E-state index in [-0.39, 0.29) is 17.6 Å². The smallest absolute Gasteiger partial charge is 0.234 e. The number of thioether (sulfide) groups is 1. The number of carbonyl (C=O) groups is 2. The molecule has 7 nitrogen and oxygen atoms in total. The molecule has 0 aliphatic carbocycles. The number of hydrogen-bond donors (Lipinski definition) is 1. The van der Waals surface area contributed by atoms with E-state index in [0.29, 0.717) is 23.7 Å². The number of para-hydroxylation sites is 1. The second-order valence-corrected chi connectivity index (χ2v) is 8.34. The van der Waals surface area contributed by atoms with Crippen molar-refractivity contribution in [2.45, 2.75) is 17.9 Å². The lowest BCUT2D eigenvalue weighted by molar-refractivity contribution is -0.117. The average molecular weight is 445 g/mol.